The third-order valence-electron chi connectivity index (χ3n) is 3.36. The molecule has 1 saturated carbocycles. The Balaban J connectivity index is 0.00000180. The van der Waals surface area contributed by atoms with Gasteiger partial charge in [-0.1, -0.05) is 11.6 Å². The van der Waals surface area contributed by atoms with Crippen LogP contribution in [0.4, 0.5) is 0 Å². The summed E-state index contributed by atoms with van der Waals surface area (Å²) in [6, 6.07) is 4.94. The van der Waals surface area contributed by atoms with E-state index in [-0.39, 0.29) is 23.9 Å². The number of rotatable bonds is 4. The summed E-state index contributed by atoms with van der Waals surface area (Å²) in [6.45, 7) is 0.498. The number of amides is 1. The number of methoxy groups -OCH3 is 1. The van der Waals surface area contributed by atoms with Crippen molar-refractivity contribution in [2.24, 2.45) is 5.73 Å². The molecule has 0 unspecified atom stereocenters. The molecule has 0 bridgehead atoms. The Kier molecular flexibility index (Phi) is 5.47. The summed E-state index contributed by atoms with van der Waals surface area (Å²) in [5.41, 5.74) is 6.31. The van der Waals surface area contributed by atoms with E-state index in [9.17, 15) is 4.79 Å². The van der Waals surface area contributed by atoms with Gasteiger partial charge in [-0.15, -0.1) is 12.4 Å². The van der Waals surface area contributed by atoms with Crippen LogP contribution >= 0.6 is 24.0 Å². The molecule has 1 aromatic rings. The second kappa shape index (κ2) is 6.46. The minimum atomic E-state index is -0.227. The number of carbonyl (C=O) groups excluding carboxylic acids is 1. The third kappa shape index (κ3) is 3.75. The Labute approximate surface area is 124 Å². The van der Waals surface area contributed by atoms with Crippen LogP contribution in [0.5, 0.6) is 5.75 Å². The maximum Gasteiger partial charge on any atom is 0.255 e. The van der Waals surface area contributed by atoms with Gasteiger partial charge in [-0.3, -0.25) is 4.79 Å². The van der Waals surface area contributed by atoms with Gasteiger partial charge in [0.25, 0.3) is 5.91 Å². The van der Waals surface area contributed by atoms with Gasteiger partial charge in [0.15, 0.2) is 0 Å². The lowest BCUT2D eigenvalue weighted by molar-refractivity contribution is 0.0927. The van der Waals surface area contributed by atoms with Crippen LogP contribution in [0.2, 0.25) is 5.02 Å². The molecule has 2 rings (SSSR count). The highest BCUT2D eigenvalue weighted by atomic mass is 35.5. The molecule has 1 aromatic carbocycles. The SMILES string of the molecule is COc1cc(Cl)ccc1C(=O)NCC1(N)CCC1.Cl. The van der Waals surface area contributed by atoms with E-state index in [2.05, 4.69) is 5.32 Å². The maximum atomic E-state index is 12.0. The van der Waals surface area contributed by atoms with Gasteiger partial charge in [0, 0.05) is 17.1 Å². The number of halogens is 2. The van der Waals surface area contributed by atoms with Crippen LogP contribution in [-0.4, -0.2) is 25.1 Å². The Bertz CT molecular complexity index is 462. The molecule has 3 N–H and O–H groups in total. The first-order chi connectivity index (χ1) is 8.54. The normalized spacial score (nSPS) is 15.9. The van der Waals surface area contributed by atoms with Crippen molar-refractivity contribution in [2.45, 2.75) is 24.8 Å². The summed E-state index contributed by atoms with van der Waals surface area (Å²) in [5.74, 6) is 0.292. The minimum absolute atomic E-state index is 0. The molecule has 6 heteroatoms. The minimum Gasteiger partial charge on any atom is -0.496 e. The fourth-order valence-corrected chi connectivity index (χ4v) is 2.17. The second-order valence-electron chi connectivity index (χ2n) is 4.74. The monoisotopic (exact) mass is 304 g/mol. The lowest BCUT2D eigenvalue weighted by Gasteiger charge is -2.38. The number of hydrogen-bond donors (Lipinski definition) is 2. The van der Waals surface area contributed by atoms with Crippen molar-refractivity contribution < 1.29 is 9.53 Å². The molecule has 1 fully saturated rings. The van der Waals surface area contributed by atoms with E-state index in [0.717, 1.165) is 19.3 Å². The molecular weight excluding hydrogens is 287 g/mol. The van der Waals surface area contributed by atoms with Crippen molar-refractivity contribution >= 4 is 29.9 Å². The molecule has 1 aliphatic carbocycles. The van der Waals surface area contributed by atoms with E-state index in [1.165, 1.54) is 7.11 Å². The highest BCUT2D eigenvalue weighted by Gasteiger charge is 2.32. The smallest absolute Gasteiger partial charge is 0.255 e. The molecule has 0 aliphatic heterocycles. The van der Waals surface area contributed by atoms with Crippen LogP contribution in [0.3, 0.4) is 0 Å². The molecule has 4 nitrogen and oxygen atoms in total. The van der Waals surface area contributed by atoms with E-state index < -0.39 is 0 Å². The van der Waals surface area contributed by atoms with Crippen LogP contribution < -0.4 is 15.8 Å². The third-order valence-corrected chi connectivity index (χ3v) is 3.59. The van der Waals surface area contributed by atoms with Gasteiger partial charge in [0.05, 0.1) is 12.7 Å². The van der Waals surface area contributed by atoms with Gasteiger partial charge in [0.2, 0.25) is 0 Å². The maximum absolute atomic E-state index is 12.0. The Morgan fingerprint density at radius 2 is 2.21 bits per heavy atom. The average molecular weight is 305 g/mol. The quantitative estimate of drug-likeness (QED) is 0.897. The molecule has 0 heterocycles. The number of carbonyl (C=O) groups is 1. The number of nitrogens with two attached hydrogens (primary N) is 1. The van der Waals surface area contributed by atoms with Crippen LogP contribution in [0, 0.1) is 0 Å². The highest BCUT2D eigenvalue weighted by Crippen LogP contribution is 2.28. The van der Waals surface area contributed by atoms with Gasteiger partial charge in [-0.05, 0) is 37.5 Å². The average Bonchev–Trinajstić information content (AvgIpc) is 2.33. The summed E-state index contributed by atoms with van der Waals surface area (Å²) < 4.78 is 5.14. The summed E-state index contributed by atoms with van der Waals surface area (Å²) in [6.07, 6.45) is 3.06. The molecule has 106 valence electrons. The predicted octanol–water partition coefficient (Wildman–Crippen LogP) is 2.38. The van der Waals surface area contributed by atoms with Crippen molar-refractivity contribution in [1.82, 2.24) is 5.32 Å². The van der Waals surface area contributed by atoms with E-state index in [1.54, 1.807) is 18.2 Å². The zero-order valence-corrected chi connectivity index (χ0v) is 12.3. The van der Waals surface area contributed by atoms with E-state index in [1.807, 2.05) is 0 Å². The van der Waals surface area contributed by atoms with Gasteiger partial charge >= 0.3 is 0 Å². The zero-order valence-electron chi connectivity index (χ0n) is 10.7. The van der Waals surface area contributed by atoms with Crippen LogP contribution in [0.15, 0.2) is 18.2 Å². The molecule has 1 amide bonds. The van der Waals surface area contributed by atoms with Crippen molar-refractivity contribution in [3.05, 3.63) is 28.8 Å². The number of benzene rings is 1. The second-order valence-corrected chi connectivity index (χ2v) is 5.18. The molecular formula is C13H18Cl2N2O2. The molecule has 0 saturated heterocycles. The Morgan fingerprint density at radius 1 is 1.53 bits per heavy atom. The van der Waals surface area contributed by atoms with Crippen LogP contribution in [0.1, 0.15) is 29.6 Å². The van der Waals surface area contributed by atoms with Gasteiger partial charge in [0.1, 0.15) is 5.75 Å². The summed E-state index contributed by atoms with van der Waals surface area (Å²) >= 11 is 5.85. The van der Waals surface area contributed by atoms with Crippen molar-refractivity contribution in [1.29, 1.82) is 0 Å². The molecule has 0 atom stereocenters. The fraction of sp³-hybridized carbons (Fsp3) is 0.462. The molecule has 0 radical (unpaired) electrons. The van der Waals surface area contributed by atoms with E-state index in [4.69, 9.17) is 22.1 Å². The number of nitrogens with one attached hydrogen (secondary N) is 1. The molecule has 19 heavy (non-hydrogen) atoms. The molecule has 0 spiro atoms. The van der Waals surface area contributed by atoms with Crippen molar-refractivity contribution in [3.8, 4) is 5.75 Å². The summed E-state index contributed by atoms with van der Waals surface area (Å²) in [7, 11) is 1.51. The lowest BCUT2D eigenvalue weighted by atomic mass is 9.78. The standard InChI is InChI=1S/C13H17ClN2O2.ClH/c1-18-11-7-9(14)3-4-10(11)12(17)16-8-13(15)5-2-6-13;/h3-4,7H,2,5-6,8,15H2,1H3,(H,16,17);1H. The summed E-state index contributed by atoms with van der Waals surface area (Å²) in [4.78, 5) is 12.0. The van der Waals surface area contributed by atoms with Crippen molar-refractivity contribution in [3.63, 3.8) is 0 Å². The molecule has 0 aromatic heterocycles. The van der Waals surface area contributed by atoms with Crippen LogP contribution in [0.25, 0.3) is 0 Å². The highest BCUT2D eigenvalue weighted by molar-refractivity contribution is 6.30. The number of hydrogen-bond acceptors (Lipinski definition) is 3. The first kappa shape index (κ1) is 16.1. The largest absolute Gasteiger partial charge is 0.496 e. The van der Waals surface area contributed by atoms with Gasteiger partial charge in [-0.25, -0.2) is 0 Å². The van der Waals surface area contributed by atoms with Crippen LogP contribution in [-0.2, 0) is 0 Å². The first-order valence-electron chi connectivity index (χ1n) is 5.95. The van der Waals surface area contributed by atoms with E-state index >= 15 is 0 Å². The molecule has 1 aliphatic rings. The Morgan fingerprint density at radius 3 is 2.74 bits per heavy atom. The summed E-state index contributed by atoms with van der Waals surface area (Å²) in [5, 5.41) is 3.39. The number of ether oxygens (including phenoxy) is 1. The topological polar surface area (TPSA) is 64.3 Å². The van der Waals surface area contributed by atoms with Gasteiger partial charge < -0.3 is 15.8 Å². The predicted molar refractivity (Wildman–Crippen MR) is 78.4 cm³/mol. The Hall–Kier alpha value is -0.970. The van der Waals surface area contributed by atoms with Crippen molar-refractivity contribution in [2.75, 3.05) is 13.7 Å². The van der Waals surface area contributed by atoms with E-state index in [0.29, 0.717) is 22.9 Å². The zero-order chi connectivity index (χ0) is 13.2. The fourth-order valence-electron chi connectivity index (χ4n) is 2.01. The lowest BCUT2D eigenvalue weighted by Crippen LogP contribution is -2.54. The van der Waals surface area contributed by atoms with Gasteiger partial charge in [-0.2, -0.15) is 0 Å². The first-order valence-corrected chi connectivity index (χ1v) is 6.32.